The lowest BCUT2D eigenvalue weighted by Gasteiger charge is -2.49. The number of fused-ring (bicyclic) bond motifs is 1. The zero-order chi connectivity index (χ0) is 26.1. The molecule has 5 rings (SSSR count). The molecular formula is C23H19ClN4O6S3. The fraction of sp³-hybridized carbons (Fsp3) is 0.261. The number of carbonyl (C=O) groups is 3. The standard InChI is InChI=1S/C23H19ClN4O6S3/c1-11-26-27-23(37-11)36-10-12-9-35-21-17(20(30)28(21)18(12)22(31)32)25-19(29)16-7-6-13(34-16)8-33-15-5-3-2-4-14(15)24/h2-7,17,21H,8-10H2,1H3,(H,25,29)(H,31,32)/t17-,21+/m1/s1. The molecule has 2 N–H and O–H groups in total. The second-order valence-electron chi connectivity index (χ2n) is 7.98. The summed E-state index contributed by atoms with van der Waals surface area (Å²) in [5.74, 6) is -0.533. The summed E-state index contributed by atoms with van der Waals surface area (Å²) < 4.78 is 11.9. The van der Waals surface area contributed by atoms with Crippen LogP contribution in [-0.4, -0.2) is 60.9 Å². The van der Waals surface area contributed by atoms with Gasteiger partial charge in [0.2, 0.25) is 0 Å². The molecule has 10 nitrogen and oxygen atoms in total. The molecule has 0 unspecified atom stereocenters. The van der Waals surface area contributed by atoms with Crippen LogP contribution < -0.4 is 10.1 Å². The molecule has 0 spiro atoms. The van der Waals surface area contributed by atoms with Crippen LogP contribution >= 0.6 is 46.5 Å². The lowest BCUT2D eigenvalue weighted by molar-refractivity contribution is -0.148. The number of aryl methyl sites for hydroxylation is 1. The van der Waals surface area contributed by atoms with Gasteiger partial charge in [-0.1, -0.05) is 46.8 Å². The van der Waals surface area contributed by atoms with Crippen molar-refractivity contribution in [3.8, 4) is 5.75 Å². The molecule has 2 aromatic heterocycles. The number of thioether (sulfide) groups is 2. The van der Waals surface area contributed by atoms with Gasteiger partial charge >= 0.3 is 5.97 Å². The van der Waals surface area contributed by atoms with Crippen LogP contribution in [0.25, 0.3) is 0 Å². The number of furan rings is 1. The number of nitrogens with zero attached hydrogens (tertiary/aromatic N) is 3. The third-order valence-electron chi connectivity index (χ3n) is 5.51. The molecule has 2 aliphatic rings. The topological polar surface area (TPSA) is 135 Å². The summed E-state index contributed by atoms with van der Waals surface area (Å²) in [6.07, 6.45) is 0. The van der Waals surface area contributed by atoms with Crippen molar-refractivity contribution in [3.05, 3.63) is 69.2 Å². The van der Waals surface area contributed by atoms with E-state index in [2.05, 4.69) is 15.5 Å². The highest BCUT2D eigenvalue weighted by atomic mass is 35.5. The van der Waals surface area contributed by atoms with Crippen LogP contribution in [0.5, 0.6) is 5.75 Å². The number of carboxylic acids is 1. The Hall–Kier alpha value is -3.00. The van der Waals surface area contributed by atoms with E-state index in [-0.39, 0.29) is 18.1 Å². The maximum atomic E-state index is 12.9. The Morgan fingerprint density at radius 3 is 2.84 bits per heavy atom. The van der Waals surface area contributed by atoms with Gasteiger partial charge in [-0.2, -0.15) is 0 Å². The van der Waals surface area contributed by atoms with Crippen LogP contribution in [0.4, 0.5) is 0 Å². The first-order valence-electron chi connectivity index (χ1n) is 10.9. The third kappa shape index (κ3) is 5.35. The number of β-lactam (4-membered cyclic amide) rings is 1. The molecule has 0 saturated carbocycles. The number of ether oxygens (including phenoxy) is 1. The van der Waals surface area contributed by atoms with Crippen LogP contribution in [0.1, 0.15) is 21.3 Å². The number of carboxylic acid groups (broad SMARTS) is 1. The molecule has 1 aromatic carbocycles. The fourth-order valence-corrected chi connectivity index (χ4v) is 7.27. The van der Waals surface area contributed by atoms with Crippen molar-refractivity contribution in [2.24, 2.45) is 0 Å². The molecule has 1 saturated heterocycles. The molecule has 37 heavy (non-hydrogen) atoms. The summed E-state index contributed by atoms with van der Waals surface area (Å²) in [6, 6.07) is 9.22. The van der Waals surface area contributed by atoms with Crippen molar-refractivity contribution in [1.29, 1.82) is 0 Å². The van der Waals surface area contributed by atoms with Gasteiger partial charge in [0.25, 0.3) is 11.8 Å². The highest BCUT2D eigenvalue weighted by Gasteiger charge is 2.54. The third-order valence-corrected chi connectivity index (χ3v) is 9.22. The van der Waals surface area contributed by atoms with Crippen molar-refractivity contribution >= 4 is 64.2 Å². The Kier molecular flexibility index (Phi) is 7.47. The molecule has 2 amide bonds. The molecule has 192 valence electrons. The molecule has 0 aliphatic carbocycles. The highest BCUT2D eigenvalue weighted by molar-refractivity contribution is 8.01. The van der Waals surface area contributed by atoms with Crippen LogP contribution in [0.15, 0.2) is 56.4 Å². The van der Waals surface area contributed by atoms with Crippen LogP contribution in [0, 0.1) is 6.92 Å². The van der Waals surface area contributed by atoms with Gasteiger partial charge in [0.15, 0.2) is 10.1 Å². The van der Waals surface area contributed by atoms with Gasteiger partial charge in [-0.15, -0.1) is 22.0 Å². The zero-order valence-corrected chi connectivity index (χ0v) is 22.4. The number of para-hydroxylation sites is 1. The molecule has 3 aromatic rings. The summed E-state index contributed by atoms with van der Waals surface area (Å²) in [6.45, 7) is 1.91. The van der Waals surface area contributed by atoms with Crippen LogP contribution in [0.3, 0.4) is 0 Å². The van der Waals surface area contributed by atoms with E-state index in [1.165, 1.54) is 45.8 Å². The molecular weight excluding hydrogens is 560 g/mol. The van der Waals surface area contributed by atoms with E-state index in [9.17, 15) is 19.5 Å². The van der Waals surface area contributed by atoms with E-state index >= 15 is 0 Å². The van der Waals surface area contributed by atoms with Crippen molar-refractivity contribution < 1.29 is 28.6 Å². The maximum Gasteiger partial charge on any atom is 0.352 e. The number of amides is 2. The summed E-state index contributed by atoms with van der Waals surface area (Å²) in [7, 11) is 0. The molecule has 14 heteroatoms. The number of aliphatic carboxylic acids is 1. The summed E-state index contributed by atoms with van der Waals surface area (Å²) in [5, 5.41) is 21.3. The van der Waals surface area contributed by atoms with Crippen molar-refractivity contribution in [1.82, 2.24) is 20.4 Å². The fourth-order valence-electron chi connectivity index (χ4n) is 3.78. The molecule has 1 fully saturated rings. The summed E-state index contributed by atoms with van der Waals surface area (Å²) >= 11 is 10.3. The minimum Gasteiger partial charge on any atom is -0.484 e. The first-order chi connectivity index (χ1) is 17.8. The second kappa shape index (κ2) is 10.8. The van der Waals surface area contributed by atoms with Crippen molar-refractivity contribution in [3.63, 3.8) is 0 Å². The Morgan fingerprint density at radius 2 is 2.11 bits per heavy atom. The number of rotatable bonds is 9. The average Bonchev–Trinajstić information content (AvgIpc) is 3.53. The van der Waals surface area contributed by atoms with Crippen LogP contribution in [-0.2, 0) is 16.2 Å². The van der Waals surface area contributed by atoms with Gasteiger partial charge < -0.3 is 19.6 Å². The quantitative estimate of drug-likeness (QED) is 0.285. The van der Waals surface area contributed by atoms with Gasteiger partial charge in [-0.3, -0.25) is 14.5 Å². The largest absolute Gasteiger partial charge is 0.484 e. The van der Waals surface area contributed by atoms with Crippen molar-refractivity contribution in [2.45, 2.75) is 29.3 Å². The summed E-state index contributed by atoms with van der Waals surface area (Å²) in [4.78, 5) is 38.9. The second-order valence-corrected chi connectivity index (χ2v) is 11.9. The molecule has 0 bridgehead atoms. The Labute approximate surface area is 228 Å². The lowest BCUT2D eigenvalue weighted by atomic mass is 10.0. The van der Waals surface area contributed by atoms with Gasteiger partial charge in [-0.25, -0.2) is 4.79 Å². The highest BCUT2D eigenvalue weighted by Crippen LogP contribution is 2.42. The molecule has 4 heterocycles. The monoisotopic (exact) mass is 578 g/mol. The number of nitrogens with one attached hydrogen (secondary N) is 1. The number of hydrogen-bond acceptors (Lipinski definition) is 10. The van der Waals surface area contributed by atoms with E-state index in [0.29, 0.717) is 33.6 Å². The number of aromatic nitrogens is 2. The SMILES string of the molecule is Cc1nnc(SCC2=C(C(=O)O)N3C(=O)[C@@H](NC(=O)c4ccc(COc5ccccc5Cl)o4)[C@@H]3SC2)s1. The zero-order valence-electron chi connectivity index (χ0n) is 19.2. The van der Waals surface area contributed by atoms with Gasteiger partial charge in [0, 0.05) is 11.5 Å². The van der Waals surface area contributed by atoms with E-state index in [1.807, 2.05) is 6.92 Å². The first kappa shape index (κ1) is 25.6. The summed E-state index contributed by atoms with van der Waals surface area (Å²) in [5.41, 5.74) is 0.587. The van der Waals surface area contributed by atoms with Gasteiger partial charge in [0.05, 0.1) is 5.02 Å². The minimum absolute atomic E-state index is 0.0169. The number of carbonyl (C=O) groups excluding carboxylic acids is 2. The van der Waals surface area contributed by atoms with Crippen molar-refractivity contribution in [2.75, 3.05) is 11.5 Å². The Morgan fingerprint density at radius 1 is 1.30 bits per heavy atom. The smallest absolute Gasteiger partial charge is 0.352 e. The van der Waals surface area contributed by atoms with E-state index in [4.69, 9.17) is 20.8 Å². The van der Waals surface area contributed by atoms with E-state index < -0.39 is 29.2 Å². The molecule has 0 radical (unpaired) electrons. The number of halogens is 1. The predicted molar refractivity (Wildman–Crippen MR) is 139 cm³/mol. The first-order valence-corrected chi connectivity index (χ1v) is 14.1. The van der Waals surface area contributed by atoms with E-state index in [0.717, 1.165) is 9.35 Å². The number of hydrogen-bond donors (Lipinski definition) is 2. The van der Waals surface area contributed by atoms with Gasteiger partial charge in [-0.05, 0) is 36.8 Å². The molecule has 2 atom stereocenters. The van der Waals surface area contributed by atoms with Crippen LogP contribution in [0.2, 0.25) is 5.02 Å². The maximum absolute atomic E-state index is 12.9. The van der Waals surface area contributed by atoms with E-state index in [1.54, 1.807) is 30.3 Å². The normalized spacial score (nSPS) is 18.9. The average molecular weight is 579 g/mol. The lowest BCUT2D eigenvalue weighted by Crippen LogP contribution is -2.70. The Balaban J connectivity index is 1.21. The number of benzene rings is 1. The van der Waals surface area contributed by atoms with Gasteiger partial charge in [0.1, 0.15) is 40.2 Å². The minimum atomic E-state index is -1.18. The molecule has 2 aliphatic heterocycles. The Bertz CT molecular complexity index is 1410. The predicted octanol–water partition coefficient (Wildman–Crippen LogP) is 3.82.